The summed E-state index contributed by atoms with van der Waals surface area (Å²) in [6, 6.07) is 14.9. The van der Waals surface area contributed by atoms with Crippen molar-refractivity contribution in [2.24, 2.45) is 0 Å². The maximum absolute atomic E-state index is 13.7. The van der Waals surface area contributed by atoms with Gasteiger partial charge in [0, 0.05) is 5.75 Å². The van der Waals surface area contributed by atoms with Gasteiger partial charge in [-0.25, -0.2) is 9.37 Å². The van der Waals surface area contributed by atoms with Crippen molar-refractivity contribution in [2.45, 2.75) is 10.9 Å². The number of benzene rings is 3. The summed E-state index contributed by atoms with van der Waals surface area (Å²) in [6.07, 6.45) is 0. The molecule has 0 unspecified atom stereocenters. The Kier molecular flexibility index (Phi) is 6.93. The molecule has 1 heterocycles. The molecule has 9 heteroatoms. The van der Waals surface area contributed by atoms with Gasteiger partial charge in [0.1, 0.15) is 17.1 Å². The Hall–Kier alpha value is -3.72. The first-order valence-electron chi connectivity index (χ1n) is 10.3. The molecule has 0 aliphatic rings. The van der Waals surface area contributed by atoms with Crippen LogP contribution in [0.5, 0.6) is 23.0 Å². The Labute approximate surface area is 200 Å². The van der Waals surface area contributed by atoms with Crippen LogP contribution in [-0.2, 0) is 5.75 Å². The lowest BCUT2D eigenvalue weighted by Gasteiger charge is -2.17. The molecule has 0 saturated carbocycles. The third-order valence-corrected chi connectivity index (χ3v) is 6.23. The number of hydrogen-bond donors (Lipinski definition) is 0. The van der Waals surface area contributed by atoms with Crippen LogP contribution < -0.4 is 24.5 Å². The Morgan fingerprint density at radius 2 is 1.65 bits per heavy atom. The second-order valence-electron chi connectivity index (χ2n) is 7.19. The average Bonchev–Trinajstić information content (AvgIpc) is 2.87. The number of methoxy groups -OCH3 is 4. The van der Waals surface area contributed by atoms with Crippen molar-refractivity contribution in [3.05, 3.63) is 76.3 Å². The molecule has 1 aromatic heterocycles. The predicted octanol–water partition coefficient (Wildman–Crippen LogP) is 4.85. The number of thioether (sulfide) groups is 1. The smallest absolute Gasteiger partial charge is 0.266 e. The Balaban J connectivity index is 1.94. The number of fused-ring (bicyclic) bond motifs is 1. The SMILES string of the molecule is COc1cccc(CSc2nc3c(OC)c(OC)c(OC)cc3c(=O)n2-c2ccc(F)cc2)c1. The van der Waals surface area contributed by atoms with Crippen molar-refractivity contribution in [3.8, 4) is 28.7 Å². The molecule has 0 radical (unpaired) electrons. The first kappa shape index (κ1) is 23.4. The van der Waals surface area contributed by atoms with Gasteiger partial charge in [-0.1, -0.05) is 23.9 Å². The van der Waals surface area contributed by atoms with Gasteiger partial charge in [0.2, 0.25) is 5.75 Å². The molecule has 0 N–H and O–H groups in total. The standard InChI is InChI=1S/C25H23FN2O5S/c1-30-18-7-5-6-15(12-18)14-34-25-27-21-19(13-20(31-2)22(32-3)23(21)33-4)24(29)28(25)17-10-8-16(26)9-11-17/h5-13H,14H2,1-4H3. The minimum Gasteiger partial charge on any atom is -0.497 e. The van der Waals surface area contributed by atoms with Crippen LogP contribution in [0.3, 0.4) is 0 Å². The van der Waals surface area contributed by atoms with Crippen LogP contribution in [-0.4, -0.2) is 38.0 Å². The van der Waals surface area contributed by atoms with Crippen LogP contribution in [0.1, 0.15) is 5.56 Å². The molecule has 0 amide bonds. The van der Waals surface area contributed by atoms with Crippen molar-refractivity contribution in [3.63, 3.8) is 0 Å². The number of hydrogen-bond acceptors (Lipinski definition) is 7. The van der Waals surface area contributed by atoms with Crippen molar-refractivity contribution < 1.29 is 23.3 Å². The zero-order valence-corrected chi connectivity index (χ0v) is 19.9. The molecule has 7 nitrogen and oxygen atoms in total. The highest BCUT2D eigenvalue weighted by molar-refractivity contribution is 7.98. The number of rotatable bonds is 8. The van der Waals surface area contributed by atoms with Gasteiger partial charge < -0.3 is 18.9 Å². The van der Waals surface area contributed by atoms with Crippen LogP contribution in [0, 0.1) is 5.82 Å². The molecule has 0 atom stereocenters. The normalized spacial score (nSPS) is 10.9. The van der Waals surface area contributed by atoms with Crippen LogP contribution in [0.4, 0.5) is 4.39 Å². The van der Waals surface area contributed by atoms with E-state index in [9.17, 15) is 9.18 Å². The van der Waals surface area contributed by atoms with Crippen LogP contribution in [0.25, 0.3) is 16.6 Å². The lowest BCUT2D eigenvalue weighted by Crippen LogP contribution is -2.22. The molecule has 0 fully saturated rings. The third kappa shape index (κ3) is 4.38. The Morgan fingerprint density at radius 1 is 0.912 bits per heavy atom. The molecular formula is C25H23FN2O5S. The maximum Gasteiger partial charge on any atom is 0.266 e. The van der Waals surface area contributed by atoms with E-state index in [1.165, 1.54) is 61.9 Å². The summed E-state index contributed by atoms with van der Waals surface area (Å²) in [6.45, 7) is 0. The van der Waals surface area contributed by atoms with Gasteiger partial charge >= 0.3 is 0 Å². The molecule has 0 spiro atoms. The first-order valence-corrected chi connectivity index (χ1v) is 11.3. The minimum atomic E-state index is -0.399. The highest BCUT2D eigenvalue weighted by Gasteiger charge is 2.22. The zero-order valence-electron chi connectivity index (χ0n) is 19.1. The molecule has 0 saturated heterocycles. The van der Waals surface area contributed by atoms with E-state index in [4.69, 9.17) is 23.9 Å². The van der Waals surface area contributed by atoms with E-state index < -0.39 is 5.82 Å². The van der Waals surface area contributed by atoms with E-state index in [1.54, 1.807) is 13.2 Å². The maximum atomic E-state index is 13.7. The number of nitrogens with zero attached hydrogens (tertiary/aromatic N) is 2. The second kappa shape index (κ2) is 10.0. The predicted molar refractivity (Wildman–Crippen MR) is 130 cm³/mol. The van der Waals surface area contributed by atoms with Gasteiger partial charge in [0.15, 0.2) is 16.7 Å². The second-order valence-corrected chi connectivity index (χ2v) is 8.14. The molecule has 0 aliphatic carbocycles. The fourth-order valence-electron chi connectivity index (χ4n) is 3.59. The van der Waals surface area contributed by atoms with Gasteiger partial charge in [-0.15, -0.1) is 0 Å². The van der Waals surface area contributed by atoms with Crippen LogP contribution in [0.2, 0.25) is 0 Å². The summed E-state index contributed by atoms with van der Waals surface area (Å²) < 4.78 is 36.8. The molecule has 4 aromatic rings. The highest BCUT2D eigenvalue weighted by Crippen LogP contribution is 2.42. The van der Waals surface area contributed by atoms with Crippen molar-refractivity contribution >= 4 is 22.7 Å². The third-order valence-electron chi connectivity index (χ3n) is 5.22. The first-order chi connectivity index (χ1) is 16.5. The number of halogens is 1. The minimum absolute atomic E-state index is 0.282. The quantitative estimate of drug-likeness (QED) is 0.263. The Bertz CT molecular complexity index is 1390. The summed E-state index contributed by atoms with van der Waals surface area (Å²) >= 11 is 1.36. The molecule has 3 aromatic carbocycles. The summed E-state index contributed by atoms with van der Waals surface area (Å²) in [5.74, 6) is 1.83. The van der Waals surface area contributed by atoms with Gasteiger partial charge in [0.05, 0.1) is 39.5 Å². The Morgan fingerprint density at radius 3 is 2.29 bits per heavy atom. The molecule has 0 bridgehead atoms. The molecule has 34 heavy (non-hydrogen) atoms. The van der Waals surface area contributed by atoms with E-state index in [-0.39, 0.29) is 10.9 Å². The van der Waals surface area contributed by atoms with Crippen molar-refractivity contribution in [1.29, 1.82) is 0 Å². The summed E-state index contributed by atoms with van der Waals surface area (Å²) in [4.78, 5) is 18.5. The number of ether oxygens (including phenoxy) is 4. The monoisotopic (exact) mass is 482 g/mol. The van der Waals surface area contributed by atoms with Gasteiger partial charge in [-0.2, -0.15) is 0 Å². The molecule has 176 valence electrons. The lowest BCUT2D eigenvalue weighted by molar-refractivity contribution is 0.326. The van der Waals surface area contributed by atoms with E-state index in [0.717, 1.165) is 11.3 Å². The summed E-state index contributed by atoms with van der Waals surface area (Å²) in [5, 5.41) is 0.696. The lowest BCUT2D eigenvalue weighted by atomic mass is 10.2. The number of aromatic nitrogens is 2. The van der Waals surface area contributed by atoms with E-state index in [2.05, 4.69) is 0 Å². The van der Waals surface area contributed by atoms with E-state index >= 15 is 0 Å². The van der Waals surface area contributed by atoms with E-state index in [1.807, 2.05) is 24.3 Å². The van der Waals surface area contributed by atoms with Crippen molar-refractivity contribution in [1.82, 2.24) is 9.55 Å². The topological polar surface area (TPSA) is 71.8 Å². The fourth-order valence-corrected chi connectivity index (χ4v) is 4.54. The van der Waals surface area contributed by atoms with Gasteiger partial charge in [-0.3, -0.25) is 9.36 Å². The van der Waals surface area contributed by atoms with Crippen LogP contribution >= 0.6 is 11.8 Å². The van der Waals surface area contributed by atoms with Crippen LogP contribution in [0.15, 0.2) is 64.5 Å². The molecular weight excluding hydrogens is 459 g/mol. The largest absolute Gasteiger partial charge is 0.497 e. The van der Waals surface area contributed by atoms with Gasteiger partial charge in [-0.05, 0) is 48.0 Å². The van der Waals surface area contributed by atoms with Crippen molar-refractivity contribution in [2.75, 3.05) is 28.4 Å². The summed E-state index contributed by atoms with van der Waals surface area (Å²) in [7, 11) is 6.06. The molecule has 0 aliphatic heterocycles. The van der Waals surface area contributed by atoms with E-state index in [0.29, 0.717) is 39.4 Å². The zero-order chi connectivity index (χ0) is 24.2. The fraction of sp³-hybridized carbons (Fsp3) is 0.200. The van der Waals surface area contributed by atoms with Gasteiger partial charge in [0.25, 0.3) is 5.56 Å². The molecule has 4 rings (SSSR count). The summed E-state index contributed by atoms with van der Waals surface area (Å²) in [5.41, 5.74) is 1.48. The highest BCUT2D eigenvalue weighted by atomic mass is 32.2. The average molecular weight is 483 g/mol.